The Bertz CT molecular complexity index is 551. The molecule has 0 spiro atoms. The average molecular weight is 321 g/mol. The molecule has 7 heteroatoms. The molecule has 0 aliphatic heterocycles. The van der Waals surface area contributed by atoms with E-state index in [2.05, 4.69) is 29.4 Å². The molecule has 1 aromatic carbocycles. The SMILES string of the molecule is [Ca+2].[O-]C(=S)CC(C([O-])=S)c1nc2ccccc2s1. The minimum absolute atomic E-state index is 0. The van der Waals surface area contributed by atoms with Crippen LogP contribution in [-0.2, 0) is 0 Å². The number of thiocarbonyl (C=S) groups is 2. The molecule has 1 aromatic heterocycles. The molecule has 0 saturated carbocycles. The summed E-state index contributed by atoms with van der Waals surface area (Å²) in [7, 11) is 0. The summed E-state index contributed by atoms with van der Waals surface area (Å²) in [5.74, 6) is -0.674. The second-order valence-electron chi connectivity index (χ2n) is 3.47. The van der Waals surface area contributed by atoms with Gasteiger partial charge in [-0.3, -0.25) is 0 Å². The van der Waals surface area contributed by atoms with Crippen LogP contribution in [0, 0.1) is 0 Å². The zero-order chi connectivity index (χ0) is 12.4. The van der Waals surface area contributed by atoms with Crippen LogP contribution in [0.15, 0.2) is 24.3 Å². The largest absolute Gasteiger partial charge is 2.00 e. The van der Waals surface area contributed by atoms with Gasteiger partial charge in [-0.2, -0.15) is 0 Å². The monoisotopic (exact) mass is 321 g/mol. The van der Waals surface area contributed by atoms with Crippen molar-refractivity contribution in [1.82, 2.24) is 4.98 Å². The number of nitrogens with zero attached hydrogens (tertiary/aromatic N) is 1. The fourth-order valence-electron chi connectivity index (χ4n) is 1.48. The molecule has 2 aromatic rings. The Morgan fingerprint density at radius 3 is 2.50 bits per heavy atom. The van der Waals surface area contributed by atoms with Crippen molar-refractivity contribution < 1.29 is 10.2 Å². The van der Waals surface area contributed by atoms with Crippen molar-refractivity contribution >= 4 is 93.8 Å². The molecule has 1 unspecified atom stereocenters. The van der Waals surface area contributed by atoms with Gasteiger partial charge in [0.2, 0.25) is 0 Å². The van der Waals surface area contributed by atoms with Crippen LogP contribution in [0.2, 0.25) is 0 Å². The van der Waals surface area contributed by atoms with E-state index >= 15 is 0 Å². The van der Waals surface area contributed by atoms with Gasteiger partial charge in [0.05, 0.1) is 10.2 Å². The van der Waals surface area contributed by atoms with Crippen LogP contribution in [-0.4, -0.2) is 52.8 Å². The predicted molar refractivity (Wildman–Crippen MR) is 77.9 cm³/mol. The van der Waals surface area contributed by atoms with Gasteiger partial charge in [0.25, 0.3) is 0 Å². The second-order valence-corrected chi connectivity index (χ2v) is 5.39. The summed E-state index contributed by atoms with van der Waals surface area (Å²) in [5, 5.41) is 21.9. The van der Waals surface area contributed by atoms with Gasteiger partial charge in [0.15, 0.2) is 0 Å². The van der Waals surface area contributed by atoms with E-state index < -0.39 is 16.0 Å². The number of hydrogen-bond acceptors (Lipinski definition) is 6. The fraction of sp³-hybridized carbons (Fsp3) is 0.182. The number of thiazole rings is 1. The minimum atomic E-state index is -0.674. The third-order valence-corrected chi connectivity index (χ3v) is 3.87. The van der Waals surface area contributed by atoms with Gasteiger partial charge in [0, 0.05) is 5.92 Å². The first-order chi connectivity index (χ1) is 8.08. The quantitative estimate of drug-likeness (QED) is 0.615. The second kappa shape index (κ2) is 7.07. The van der Waals surface area contributed by atoms with Crippen LogP contribution >= 0.6 is 35.8 Å². The summed E-state index contributed by atoms with van der Waals surface area (Å²) in [6, 6.07) is 7.54. The van der Waals surface area contributed by atoms with E-state index in [0.29, 0.717) is 5.01 Å². The molecule has 0 amide bonds. The topological polar surface area (TPSA) is 59.0 Å². The third kappa shape index (κ3) is 3.82. The van der Waals surface area contributed by atoms with Gasteiger partial charge in [-0.05, 0) is 18.6 Å². The first kappa shape index (κ1) is 16.2. The molecule has 0 saturated heterocycles. The number of aromatic nitrogens is 1. The van der Waals surface area contributed by atoms with Crippen molar-refractivity contribution in [2.75, 3.05) is 0 Å². The maximum atomic E-state index is 11.3. The van der Waals surface area contributed by atoms with E-state index in [-0.39, 0.29) is 44.2 Å². The first-order valence-corrected chi connectivity index (χ1v) is 6.47. The average Bonchev–Trinajstić information content (AvgIpc) is 2.68. The van der Waals surface area contributed by atoms with Crippen molar-refractivity contribution in [3.63, 3.8) is 0 Å². The van der Waals surface area contributed by atoms with E-state index in [4.69, 9.17) is 0 Å². The van der Waals surface area contributed by atoms with Crippen molar-refractivity contribution in [2.24, 2.45) is 0 Å². The molecule has 0 N–H and O–H groups in total. The summed E-state index contributed by atoms with van der Waals surface area (Å²) >= 11 is 10.5. The molecule has 1 atom stereocenters. The standard InChI is InChI=1S/C11H9NO2S3.Ca/c13-9(15)5-6(11(14)16)10-12-7-3-1-2-4-8(7)17-10;/h1-4,6H,5H2,(H,13,15)(H,14,16);/q;+2/p-2. The Morgan fingerprint density at radius 1 is 1.28 bits per heavy atom. The minimum Gasteiger partial charge on any atom is -0.867 e. The molecule has 0 radical (unpaired) electrons. The fourth-order valence-corrected chi connectivity index (χ4v) is 2.98. The molecule has 0 bridgehead atoms. The van der Waals surface area contributed by atoms with E-state index in [1.165, 1.54) is 11.3 Å². The Hall–Kier alpha value is 0.150. The third-order valence-electron chi connectivity index (χ3n) is 2.26. The normalized spacial score (nSPS) is 11.8. The van der Waals surface area contributed by atoms with Gasteiger partial charge in [0.1, 0.15) is 5.01 Å². The maximum Gasteiger partial charge on any atom is 2.00 e. The molecule has 1 heterocycles. The smallest absolute Gasteiger partial charge is 0.867 e. The van der Waals surface area contributed by atoms with Crippen molar-refractivity contribution in [3.05, 3.63) is 29.3 Å². The number of hydrogen-bond donors (Lipinski definition) is 0. The molecule has 2 rings (SSSR count). The summed E-state index contributed by atoms with van der Waals surface area (Å²) in [5.41, 5.74) is 0.811. The first-order valence-electron chi connectivity index (χ1n) is 4.84. The molecule has 0 fully saturated rings. The van der Waals surface area contributed by atoms with E-state index in [1.54, 1.807) is 0 Å². The van der Waals surface area contributed by atoms with Crippen LogP contribution in [0.25, 0.3) is 10.2 Å². The molecular weight excluding hydrogens is 314 g/mol. The summed E-state index contributed by atoms with van der Waals surface area (Å²) in [6.07, 6.45) is -0.0442. The Kier molecular flexibility index (Phi) is 6.37. The zero-order valence-electron chi connectivity index (χ0n) is 9.29. The molecule has 88 valence electrons. The summed E-state index contributed by atoms with van der Waals surface area (Å²) in [4.78, 5) is 4.32. The zero-order valence-corrected chi connectivity index (χ0v) is 13.9. The van der Waals surface area contributed by atoms with Crippen LogP contribution < -0.4 is 10.2 Å². The van der Waals surface area contributed by atoms with Gasteiger partial charge in [-0.15, -0.1) is 35.8 Å². The van der Waals surface area contributed by atoms with Crippen molar-refractivity contribution in [1.29, 1.82) is 0 Å². The van der Waals surface area contributed by atoms with Crippen LogP contribution in [0.4, 0.5) is 0 Å². The van der Waals surface area contributed by atoms with E-state index in [1.807, 2.05) is 24.3 Å². The number of para-hydroxylation sites is 1. The van der Waals surface area contributed by atoms with Gasteiger partial charge < -0.3 is 10.2 Å². The Labute approximate surface area is 149 Å². The Balaban J connectivity index is 0.00000162. The van der Waals surface area contributed by atoms with Gasteiger partial charge in [-0.1, -0.05) is 22.2 Å². The maximum absolute atomic E-state index is 11.3. The van der Waals surface area contributed by atoms with Crippen molar-refractivity contribution in [3.8, 4) is 0 Å². The number of benzene rings is 1. The van der Waals surface area contributed by atoms with Crippen LogP contribution in [0.5, 0.6) is 0 Å². The van der Waals surface area contributed by atoms with E-state index in [9.17, 15) is 10.2 Å². The Morgan fingerprint density at radius 2 is 1.94 bits per heavy atom. The van der Waals surface area contributed by atoms with Gasteiger partial charge in [-0.25, -0.2) is 4.98 Å². The molecule has 18 heavy (non-hydrogen) atoms. The van der Waals surface area contributed by atoms with Gasteiger partial charge >= 0.3 is 37.7 Å². The van der Waals surface area contributed by atoms with Crippen LogP contribution in [0.1, 0.15) is 17.3 Å². The summed E-state index contributed by atoms with van der Waals surface area (Å²) in [6.45, 7) is 0. The molecular formula is C11H7CaNO2S3. The van der Waals surface area contributed by atoms with Crippen molar-refractivity contribution in [2.45, 2.75) is 12.3 Å². The summed E-state index contributed by atoms with van der Waals surface area (Å²) < 4.78 is 0.973. The number of rotatable bonds is 4. The molecule has 3 nitrogen and oxygen atoms in total. The predicted octanol–water partition coefficient (Wildman–Crippen LogP) is 0.765. The van der Waals surface area contributed by atoms with E-state index in [0.717, 1.165) is 10.2 Å². The number of fused-ring (bicyclic) bond motifs is 1. The molecule has 0 aliphatic rings. The van der Waals surface area contributed by atoms with Crippen LogP contribution in [0.3, 0.4) is 0 Å². The molecule has 0 aliphatic carbocycles.